The van der Waals surface area contributed by atoms with E-state index in [0.717, 1.165) is 0 Å². The van der Waals surface area contributed by atoms with E-state index < -0.39 is 6.10 Å². The number of aromatic hydroxyl groups is 1. The van der Waals surface area contributed by atoms with Gasteiger partial charge in [-0.3, -0.25) is 4.79 Å². The Bertz CT molecular complexity index is 274. The molecule has 1 aromatic carbocycles. The number of ketones is 1. The minimum Gasteiger partial charge on any atom is -0.508 e. The number of benzene rings is 1. The van der Waals surface area contributed by atoms with Gasteiger partial charge in [0.2, 0.25) is 0 Å². The van der Waals surface area contributed by atoms with E-state index in [4.69, 9.17) is 10.2 Å². The van der Waals surface area contributed by atoms with Gasteiger partial charge >= 0.3 is 0 Å². The second-order valence-corrected chi connectivity index (χ2v) is 2.59. The van der Waals surface area contributed by atoms with Crippen LogP contribution in [-0.4, -0.2) is 22.1 Å². The van der Waals surface area contributed by atoms with Gasteiger partial charge in [0.25, 0.3) is 0 Å². The molecule has 0 aliphatic heterocycles. The summed E-state index contributed by atoms with van der Waals surface area (Å²) in [6, 6.07) is 5.78. The quantitative estimate of drug-likeness (QED) is 0.643. The fourth-order valence-electron chi connectivity index (χ4n) is 0.867. The summed E-state index contributed by atoms with van der Waals surface area (Å²) in [6.45, 7) is 1.41. The molecule has 0 radical (unpaired) electrons. The highest BCUT2D eigenvalue weighted by Gasteiger charge is 2.10. The van der Waals surface area contributed by atoms with Crippen molar-refractivity contribution in [2.24, 2.45) is 0 Å². The van der Waals surface area contributed by atoms with Gasteiger partial charge in [0.15, 0.2) is 5.78 Å². The lowest BCUT2D eigenvalue weighted by Crippen LogP contribution is -2.15. The molecule has 0 bridgehead atoms. The van der Waals surface area contributed by atoms with Crippen LogP contribution in [-0.2, 0) is 0 Å². The number of hydrogen-bond donors (Lipinski definition) is 2. The second-order valence-electron chi connectivity index (χ2n) is 2.59. The van der Waals surface area contributed by atoms with Crippen LogP contribution in [0.1, 0.15) is 17.3 Å². The first kappa shape index (κ1) is 8.74. The topological polar surface area (TPSA) is 57.5 Å². The van der Waals surface area contributed by atoms with Crippen molar-refractivity contribution in [3.63, 3.8) is 0 Å². The molecule has 64 valence electrons. The molecule has 0 amide bonds. The molecule has 0 fully saturated rings. The highest BCUT2D eigenvalue weighted by Crippen LogP contribution is 2.11. The lowest BCUT2D eigenvalue weighted by Gasteiger charge is -2.02. The van der Waals surface area contributed by atoms with Crippen LogP contribution in [0.15, 0.2) is 24.3 Å². The molecule has 0 aliphatic carbocycles. The Kier molecular flexibility index (Phi) is 2.45. The third kappa shape index (κ3) is 1.83. The highest BCUT2D eigenvalue weighted by molar-refractivity contribution is 5.99. The summed E-state index contributed by atoms with van der Waals surface area (Å²) < 4.78 is 0. The zero-order chi connectivity index (χ0) is 9.14. The normalized spacial score (nSPS) is 12.5. The Morgan fingerprint density at radius 2 is 1.83 bits per heavy atom. The van der Waals surface area contributed by atoms with Crippen molar-refractivity contribution in [1.82, 2.24) is 0 Å². The van der Waals surface area contributed by atoms with Gasteiger partial charge in [-0.15, -0.1) is 0 Å². The number of aliphatic hydroxyl groups is 1. The Balaban J connectivity index is 2.90. The fraction of sp³-hybridized carbons (Fsp3) is 0.222. The Morgan fingerprint density at radius 1 is 1.33 bits per heavy atom. The molecule has 0 saturated carbocycles. The smallest absolute Gasteiger partial charge is 0.190 e. The number of carbonyl (C=O) groups excluding carboxylic acids is 1. The van der Waals surface area contributed by atoms with Crippen LogP contribution in [0.4, 0.5) is 0 Å². The van der Waals surface area contributed by atoms with E-state index in [0.29, 0.717) is 5.56 Å². The van der Waals surface area contributed by atoms with Crippen LogP contribution in [0.5, 0.6) is 5.75 Å². The van der Waals surface area contributed by atoms with Gasteiger partial charge in [-0.1, -0.05) is 0 Å². The van der Waals surface area contributed by atoms with Crippen molar-refractivity contribution >= 4 is 5.78 Å². The average Bonchev–Trinajstić information content (AvgIpc) is 2.04. The molecule has 1 aromatic rings. The van der Waals surface area contributed by atoms with E-state index in [-0.39, 0.29) is 11.5 Å². The van der Waals surface area contributed by atoms with Gasteiger partial charge in [-0.05, 0) is 31.2 Å². The first-order valence-corrected chi connectivity index (χ1v) is 3.62. The van der Waals surface area contributed by atoms with Gasteiger partial charge in [0, 0.05) is 5.56 Å². The number of aliphatic hydroxyl groups excluding tert-OH is 1. The molecule has 0 unspecified atom stereocenters. The molecule has 0 heterocycles. The zero-order valence-corrected chi connectivity index (χ0v) is 6.69. The van der Waals surface area contributed by atoms with Crippen LogP contribution in [0, 0.1) is 0 Å². The maximum atomic E-state index is 11.1. The first-order chi connectivity index (χ1) is 5.61. The minimum atomic E-state index is -0.991. The van der Waals surface area contributed by atoms with E-state index >= 15 is 0 Å². The average molecular weight is 166 g/mol. The summed E-state index contributed by atoms with van der Waals surface area (Å²) in [5, 5.41) is 17.8. The minimum absolute atomic E-state index is 0.108. The molecule has 0 saturated heterocycles. The molecule has 1 rings (SSSR count). The second kappa shape index (κ2) is 3.36. The fourth-order valence-corrected chi connectivity index (χ4v) is 0.867. The van der Waals surface area contributed by atoms with Crippen LogP contribution in [0.3, 0.4) is 0 Å². The molecule has 0 aliphatic rings. The van der Waals surface area contributed by atoms with E-state index in [1.807, 2.05) is 0 Å². The van der Waals surface area contributed by atoms with Crippen LogP contribution >= 0.6 is 0 Å². The van der Waals surface area contributed by atoms with Crippen molar-refractivity contribution in [3.8, 4) is 5.75 Å². The molecule has 0 aromatic heterocycles. The van der Waals surface area contributed by atoms with Crippen molar-refractivity contribution in [1.29, 1.82) is 0 Å². The highest BCUT2D eigenvalue weighted by atomic mass is 16.3. The summed E-state index contributed by atoms with van der Waals surface area (Å²) in [5.41, 5.74) is 0.405. The number of phenols is 1. The summed E-state index contributed by atoms with van der Waals surface area (Å²) in [4.78, 5) is 11.1. The zero-order valence-electron chi connectivity index (χ0n) is 6.69. The summed E-state index contributed by atoms with van der Waals surface area (Å²) in [7, 11) is 0. The maximum absolute atomic E-state index is 11.1. The Labute approximate surface area is 70.3 Å². The Morgan fingerprint density at radius 3 is 2.25 bits per heavy atom. The van der Waals surface area contributed by atoms with Crippen molar-refractivity contribution in [3.05, 3.63) is 29.8 Å². The third-order valence-electron chi connectivity index (χ3n) is 1.53. The third-order valence-corrected chi connectivity index (χ3v) is 1.53. The molecule has 2 N–H and O–H groups in total. The standard InChI is InChI=1S/C9H10O3/c1-6(10)9(12)7-2-4-8(11)5-3-7/h2-6,10-11H,1H3/t6-/m1/s1. The van der Waals surface area contributed by atoms with Gasteiger partial charge in [-0.25, -0.2) is 0 Å². The number of hydrogen-bond acceptors (Lipinski definition) is 3. The molecule has 3 heteroatoms. The molecule has 12 heavy (non-hydrogen) atoms. The maximum Gasteiger partial charge on any atom is 0.190 e. The lowest BCUT2D eigenvalue weighted by molar-refractivity contribution is 0.0779. The predicted octanol–water partition coefficient (Wildman–Crippen LogP) is 0.956. The van der Waals surface area contributed by atoms with Crippen molar-refractivity contribution in [2.45, 2.75) is 13.0 Å². The van der Waals surface area contributed by atoms with Gasteiger partial charge in [0.05, 0.1) is 0 Å². The predicted molar refractivity (Wildman–Crippen MR) is 44.1 cm³/mol. The SMILES string of the molecule is C[C@@H](O)C(=O)c1ccc(O)cc1. The number of phenolic OH excluding ortho intramolecular Hbond substituents is 1. The largest absolute Gasteiger partial charge is 0.508 e. The van der Waals surface area contributed by atoms with Gasteiger partial charge in [0.1, 0.15) is 11.9 Å². The molecule has 3 nitrogen and oxygen atoms in total. The molecule has 0 spiro atoms. The van der Waals surface area contributed by atoms with E-state index in [9.17, 15) is 4.79 Å². The summed E-state index contributed by atoms with van der Waals surface area (Å²) in [5.74, 6) is -0.229. The van der Waals surface area contributed by atoms with Crippen molar-refractivity contribution in [2.75, 3.05) is 0 Å². The molecule has 1 atom stereocenters. The van der Waals surface area contributed by atoms with E-state index in [1.165, 1.54) is 31.2 Å². The van der Waals surface area contributed by atoms with E-state index in [2.05, 4.69) is 0 Å². The number of rotatable bonds is 2. The number of Topliss-reactive ketones (excluding diaryl/α,β-unsaturated/α-hetero) is 1. The first-order valence-electron chi connectivity index (χ1n) is 3.62. The summed E-state index contributed by atoms with van der Waals surface area (Å²) >= 11 is 0. The monoisotopic (exact) mass is 166 g/mol. The van der Waals surface area contributed by atoms with Gasteiger partial charge < -0.3 is 10.2 Å². The van der Waals surface area contributed by atoms with Crippen molar-refractivity contribution < 1.29 is 15.0 Å². The lowest BCUT2D eigenvalue weighted by atomic mass is 10.1. The van der Waals surface area contributed by atoms with Crippen LogP contribution in [0.2, 0.25) is 0 Å². The summed E-state index contributed by atoms with van der Waals surface area (Å²) in [6.07, 6.45) is -0.991. The van der Waals surface area contributed by atoms with Crippen LogP contribution < -0.4 is 0 Å². The molecular formula is C9H10O3. The van der Waals surface area contributed by atoms with Crippen LogP contribution in [0.25, 0.3) is 0 Å². The Hall–Kier alpha value is -1.35. The van der Waals surface area contributed by atoms with E-state index in [1.54, 1.807) is 0 Å². The number of carbonyl (C=O) groups is 1. The molecular weight excluding hydrogens is 156 g/mol. The van der Waals surface area contributed by atoms with Gasteiger partial charge in [-0.2, -0.15) is 0 Å².